The molecule has 1 rings (SSSR count). The molecule has 70 valence electrons. The van der Waals surface area contributed by atoms with E-state index in [0.717, 1.165) is 5.69 Å². The van der Waals surface area contributed by atoms with E-state index in [-0.39, 0.29) is 5.78 Å². The molecule has 0 aliphatic rings. The minimum atomic E-state index is -0.961. The van der Waals surface area contributed by atoms with Crippen molar-refractivity contribution in [2.45, 2.75) is 6.17 Å². The molecule has 0 heterocycles. The number of carbonyl (C=O) groups is 1. The lowest BCUT2D eigenvalue weighted by atomic mass is 10.1. The highest BCUT2D eigenvalue weighted by Crippen LogP contribution is 2.08. The fourth-order valence-electron chi connectivity index (χ4n) is 0.923. The van der Waals surface area contributed by atoms with Crippen LogP contribution in [0.5, 0.6) is 0 Å². The van der Waals surface area contributed by atoms with Crippen LogP contribution in [0.2, 0.25) is 0 Å². The van der Waals surface area contributed by atoms with Crippen molar-refractivity contribution < 1.29 is 4.79 Å². The third kappa shape index (κ3) is 2.25. The molecule has 0 aliphatic carbocycles. The van der Waals surface area contributed by atoms with Crippen LogP contribution in [-0.4, -0.2) is 11.9 Å². The molecule has 0 saturated heterocycles. The Morgan fingerprint density at radius 2 is 1.77 bits per heavy atom. The number of ketones is 1. The first-order chi connectivity index (χ1) is 6.15. The van der Waals surface area contributed by atoms with Crippen LogP contribution in [0.1, 0.15) is 10.4 Å². The first kappa shape index (κ1) is 9.66. The van der Waals surface area contributed by atoms with Crippen molar-refractivity contribution in [1.82, 2.24) is 0 Å². The zero-order valence-electron chi connectivity index (χ0n) is 7.03. The van der Waals surface area contributed by atoms with Crippen LogP contribution in [0, 0.1) is 0 Å². The van der Waals surface area contributed by atoms with Crippen LogP contribution in [0.3, 0.4) is 0 Å². The predicted octanol–water partition coefficient (Wildman–Crippen LogP) is -0.602. The van der Waals surface area contributed by atoms with Crippen molar-refractivity contribution in [2.75, 3.05) is 5.43 Å². The fourth-order valence-corrected chi connectivity index (χ4v) is 0.923. The molecule has 0 atom stereocenters. The van der Waals surface area contributed by atoms with Gasteiger partial charge in [0.25, 0.3) is 0 Å². The Morgan fingerprint density at radius 1 is 1.23 bits per heavy atom. The highest BCUT2D eigenvalue weighted by molar-refractivity contribution is 5.99. The summed E-state index contributed by atoms with van der Waals surface area (Å²) in [6.07, 6.45) is -0.961. The number of hydrazine groups is 1. The summed E-state index contributed by atoms with van der Waals surface area (Å²) in [4.78, 5) is 11.2. The summed E-state index contributed by atoms with van der Waals surface area (Å²) >= 11 is 0. The second-order valence-corrected chi connectivity index (χ2v) is 2.61. The molecule has 0 radical (unpaired) electrons. The zero-order chi connectivity index (χ0) is 9.84. The van der Waals surface area contributed by atoms with E-state index in [9.17, 15) is 4.79 Å². The monoisotopic (exact) mass is 180 g/mol. The summed E-state index contributed by atoms with van der Waals surface area (Å²) in [6.45, 7) is 0. The maximum atomic E-state index is 11.2. The average Bonchev–Trinajstić information content (AvgIpc) is 2.17. The summed E-state index contributed by atoms with van der Waals surface area (Å²) < 4.78 is 0. The van der Waals surface area contributed by atoms with Gasteiger partial charge < -0.3 is 16.9 Å². The number of nitrogens with one attached hydrogen (secondary N) is 1. The van der Waals surface area contributed by atoms with Gasteiger partial charge in [-0.15, -0.1) is 0 Å². The average molecular weight is 180 g/mol. The van der Waals surface area contributed by atoms with E-state index in [1.807, 2.05) is 0 Å². The van der Waals surface area contributed by atoms with Gasteiger partial charge in [-0.2, -0.15) is 0 Å². The maximum Gasteiger partial charge on any atom is 0.193 e. The Labute approximate surface area is 75.9 Å². The number of hydrogen-bond acceptors (Lipinski definition) is 5. The highest BCUT2D eigenvalue weighted by Gasteiger charge is 2.10. The molecular weight excluding hydrogens is 168 g/mol. The molecule has 1 aromatic carbocycles. The number of benzene rings is 1. The minimum absolute atomic E-state index is 0.288. The van der Waals surface area contributed by atoms with Gasteiger partial charge in [-0.3, -0.25) is 10.6 Å². The number of rotatable bonds is 3. The molecule has 13 heavy (non-hydrogen) atoms. The second-order valence-electron chi connectivity index (χ2n) is 2.61. The van der Waals surface area contributed by atoms with E-state index in [4.69, 9.17) is 17.3 Å². The van der Waals surface area contributed by atoms with Crippen molar-refractivity contribution in [3.05, 3.63) is 29.8 Å². The Kier molecular flexibility index (Phi) is 2.97. The van der Waals surface area contributed by atoms with Crippen LogP contribution in [-0.2, 0) is 0 Å². The summed E-state index contributed by atoms with van der Waals surface area (Å²) in [6, 6.07) is 6.58. The number of Topliss-reactive ketones (excluding diaryl/α,β-unsaturated/α-hetero) is 1. The van der Waals surface area contributed by atoms with Gasteiger partial charge in [0, 0.05) is 11.3 Å². The normalized spacial score (nSPS) is 10.2. The molecule has 1 aromatic rings. The van der Waals surface area contributed by atoms with Crippen LogP contribution in [0.4, 0.5) is 5.69 Å². The second kappa shape index (κ2) is 3.99. The summed E-state index contributed by atoms with van der Waals surface area (Å²) in [5.74, 6) is 4.86. The first-order valence-corrected chi connectivity index (χ1v) is 3.77. The van der Waals surface area contributed by atoms with Crippen molar-refractivity contribution in [3.63, 3.8) is 0 Å². The quantitative estimate of drug-likeness (QED) is 0.215. The number of nitrogens with two attached hydrogens (primary N) is 3. The molecule has 0 spiro atoms. The van der Waals surface area contributed by atoms with E-state index in [1.54, 1.807) is 24.3 Å². The van der Waals surface area contributed by atoms with Gasteiger partial charge in [-0.1, -0.05) is 0 Å². The van der Waals surface area contributed by atoms with Crippen molar-refractivity contribution in [3.8, 4) is 0 Å². The van der Waals surface area contributed by atoms with Crippen LogP contribution >= 0.6 is 0 Å². The third-order valence-electron chi connectivity index (χ3n) is 1.64. The van der Waals surface area contributed by atoms with Gasteiger partial charge in [0.15, 0.2) is 5.78 Å². The summed E-state index contributed by atoms with van der Waals surface area (Å²) in [7, 11) is 0. The molecular formula is C8H12N4O. The topological polar surface area (TPSA) is 107 Å². The molecule has 5 nitrogen and oxygen atoms in total. The van der Waals surface area contributed by atoms with Gasteiger partial charge in [0.05, 0.1) is 0 Å². The smallest absolute Gasteiger partial charge is 0.193 e. The number of nitrogen functional groups attached to an aromatic ring is 1. The Morgan fingerprint density at radius 3 is 2.15 bits per heavy atom. The number of hydrogen-bond donors (Lipinski definition) is 4. The summed E-state index contributed by atoms with van der Waals surface area (Å²) in [5.41, 5.74) is 14.1. The van der Waals surface area contributed by atoms with Crippen molar-refractivity contribution >= 4 is 11.5 Å². The van der Waals surface area contributed by atoms with E-state index in [0.29, 0.717) is 5.56 Å². The van der Waals surface area contributed by atoms with Gasteiger partial charge in [-0.05, 0) is 24.3 Å². The van der Waals surface area contributed by atoms with Gasteiger partial charge >= 0.3 is 0 Å². The lowest BCUT2D eigenvalue weighted by Gasteiger charge is -2.05. The lowest BCUT2D eigenvalue weighted by molar-refractivity contribution is 0.0963. The van der Waals surface area contributed by atoms with E-state index < -0.39 is 6.17 Å². The van der Waals surface area contributed by atoms with Gasteiger partial charge in [-0.25, -0.2) is 0 Å². The highest BCUT2D eigenvalue weighted by atomic mass is 16.1. The molecule has 0 amide bonds. The SMILES string of the molecule is NNc1ccc(C(=O)C(N)N)cc1. The van der Waals surface area contributed by atoms with Crippen LogP contribution in [0.25, 0.3) is 0 Å². The van der Waals surface area contributed by atoms with Gasteiger partial charge in [0.2, 0.25) is 0 Å². The fraction of sp³-hybridized carbons (Fsp3) is 0.125. The van der Waals surface area contributed by atoms with E-state index in [1.165, 1.54) is 0 Å². The molecule has 7 N–H and O–H groups in total. The molecule has 0 saturated carbocycles. The standard InChI is InChI=1S/C8H12N4O/c9-8(10)7(13)5-1-3-6(12-11)4-2-5/h1-4,8,12H,9-11H2. The number of anilines is 1. The predicted molar refractivity (Wildman–Crippen MR) is 50.7 cm³/mol. The molecule has 5 heteroatoms. The maximum absolute atomic E-state index is 11.2. The first-order valence-electron chi connectivity index (χ1n) is 3.77. The molecule has 0 aliphatic heterocycles. The Bertz CT molecular complexity index is 294. The lowest BCUT2D eigenvalue weighted by Crippen LogP contribution is -2.39. The zero-order valence-corrected chi connectivity index (χ0v) is 7.03. The Balaban J connectivity index is 2.86. The molecule has 0 fully saturated rings. The molecule has 0 bridgehead atoms. The third-order valence-corrected chi connectivity index (χ3v) is 1.64. The Hall–Kier alpha value is -1.43. The molecule has 0 aromatic heterocycles. The van der Waals surface area contributed by atoms with Gasteiger partial charge in [0.1, 0.15) is 6.17 Å². The minimum Gasteiger partial charge on any atom is -0.324 e. The molecule has 0 unspecified atom stereocenters. The van der Waals surface area contributed by atoms with E-state index >= 15 is 0 Å². The van der Waals surface area contributed by atoms with Crippen molar-refractivity contribution in [1.29, 1.82) is 0 Å². The van der Waals surface area contributed by atoms with Crippen LogP contribution < -0.4 is 22.7 Å². The van der Waals surface area contributed by atoms with Crippen LogP contribution in [0.15, 0.2) is 24.3 Å². The van der Waals surface area contributed by atoms with Crippen molar-refractivity contribution in [2.24, 2.45) is 17.3 Å². The van der Waals surface area contributed by atoms with E-state index in [2.05, 4.69) is 5.43 Å². The largest absolute Gasteiger partial charge is 0.324 e. The number of carbonyl (C=O) groups excluding carboxylic acids is 1. The summed E-state index contributed by atoms with van der Waals surface area (Å²) in [5, 5.41) is 0.